The molecule has 36 heavy (non-hydrogen) atoms. The second-order valence-corrected chi connectivity index (χ2v) is 8.88. The van der Waals surface area contributed by atoms with Gasteiger partial charge in [-0.15, -0.1) is 5.10 Å². The van der Waals surface area contributed by atoms with E-state index in [1.54, 1.807) is 22.6 Å². The van der Waals surface area contributed by atoms with Crippen LogP contribution in [0.5, 0.6) is 0 Å². The fraction of sp³-hybridized carbons (Fsp3) is 0.385. The van der Waals surface area contributed by atoms with Gasteiger partial charge in [0.15, 0.2) is 0 Å². The summed E-state index contributed by atoms with van der Waals surface area (Å²) in [5.41, 5.74) is 1.75. The van der Waals surface area contributed by atoms with Crippen LogP contribution in [0.15, 0.2) is 48.8 Å². The fourth-order valence-corrected chi connectivity index (χ4v) is 4.54. The molecule has 186 valence electrons. The predicted molar refractivity (Wildman–Crippen MR) is 129 cm³/mol. The first kappa shape index (κ1) is 25.0. The molecule has 0 radical (unpaired) electrons. The number of nitrogens with zero attached hydrogens (tertiary/aromatic N) is 6. The Kier molecular flexibility index (Phi) is 7.68. The van der Waals surface area contributed by atoms with Crippen molar-refractivity contribution in [3.8, 4) is 5.69 Å². The Balaban J connectivity index is 1.38. The Morgan fingerprint density at radius 1 is 1.14 bits per heavy atom. The number of ether oxygens (including phenoxy) is 1. The van der Waals surface area contributed by atoms with Crippen molar-refractivity contribution in [2.24, 2.45) is 5.41 Å². The van der Waals surface area contributed by atoms with Crippen LogP contribution >= 0.6 is 0 Å². The van der Waals surface area contributed by atoms with Gasteiger partial charge in [0.05, 0.1) is 30.7 Å². The second kappa shape index (κ2) is 11.1. The van der Waals surface area contributed by atoms with E-state index >= 15 is 0 Å². The molecule has 0 spiro atoms. The molecule has 4 rings (SSSR count). The van der Waals surface area contributed by atoms with E-state index < -0.39 is 11.2 Å². The molecule has 0 atom stereocenters. The van der Waals surface area contributed by atoms with E-state index in [2.05, 4.69) is 20.4 Å². The smallest absolute Gasteiger partial charge is 0.312 e. The zero-order valence-electron chi connectivity index (χ0n) is 20.1. The summed E-state index contributed by atoms with van der Waals surface area (Å²) in [6, 6.07) is 11.9. The maximum atomic E-state index is 13.7. The number of halogens is 1. The van der Waals surface area contributed by atoms with Gasteiger partial charge in [0.2, 0.25) is 11.6 Å². The van der Waals surface area contributed by atoms with E-state index in [-0.39, 0.29) is 30.6 Å². The fourth-order valence-electron chi connectivity index (χ4n) is 4.54. The minimum atomic E-state index is -0.715. The lowest BCUT2D eigenvalue weighted by atomic mass is 9.74. The second-order valence-electron chi connectivity index (χ2n) is 8.88. The highest BCUT2D eigenvalue weighted by Gasteiger charge is 2.43. The van der Waals surface area contributed by atoms with E-state index in [4.69, 9.17) is 11.3 Å². The van der Waals surface area contributed by atoms with Crippen molar-refractivity contribution in [1.29, 1.82) is 0 Å². The maximum absolute atomic E-state index is 13.7. The zero-order chi connectivity index (χ0) is 25.5. The average molecular weight is 491 g/mol. The summed E-state index contributed by atoms with van der Waals surface area (Å²) in [4.78, 5) is 31.0. The highest BCUT2D eigenvalue weighted by molar-refractivity contribution is 5.80. The number of likely N-dealkylation sites (tertiary alicyclic amines) is 1. The van der Waals surface area contributed by atoms with Crippen LogP contribution in [0.3, 0.4) is 0 Å². The molecule has 1 amide bonds. The number of hydrogen-bond donors (Lipinski definition) is 0. The molecule has 0 unspecified atom stereocenters. The Labute approximate surface area is 208 Å². The van der Waals surface area contributed by atoms with Crippen LogP contribution < -0.4 is 0 Å². The van der Waals surface area contributed by atoms with E-state index in [0.717, 1.165) is 16.8 Å². The number of tetrazole rings is 1. The molecule has 0 N–H and O–H groups in total. The number of piperidine rings is 1. The minimum Gasteiger partial charge on any atom is -0.466 e. The van der Waals surface area contributed by atoms with Crippen molar-refractivity contribution >= 4 is 17.6 Å². The first-order chi connectivity index (χ1) is 17.4. The molecule has 2 aromatic carbocycles. The highest BCUT2D eigenvalue weighted by Crippen LogP contribution is 2.38. The Morgan fingerprint density at radius 2 is 1.86 bits per heavy atom. The van der Waals surface area contributed by atoms with Crippen molar-refractivity contribution in [2.45, 2.75) is 39.0 Å². The van der Waals surface area contributed by atoms with Crippen molar-refractivity contribution in [3.63, 3.8) is 0 Å². The first-order valence-corrected chi connectivity index (χ1v) is 11.9. The molecule has 10 heteroatoms. The number of aryl methyl sites for hydroxylation is 1. The van der Waals surface area contributed by atoms with E-state index in [1.165, 1.54) is 18.5 Å². The standard InChI is InChI=1S/C26H27FN6O3/c1-3-36-25(35)26(11-10-20-6-9-22(27)23(16-20)28-2)12-14-32(15-13-26)24(34)17-19-4-7-21(8-5-19)33-18-29-30-31-33/h4-9,16,18H,3,10-15,17H2,1H3. The number of benzene rings is 2. The molecular formula is C26H27FN6O3. The Hall–Kier alpha value is -4.13. The number of carbonyl (C=O) groups is 2. The number of rotatable bonds is 8. The van der Waals surface area contributed by atoms with Crippen LogP contribution in [-0.4, -0.2) is 56.7 Å². The quantitative estimate of drug-likeness (QED) is 0.353. The van der Waals surface area contributed by atoms with Gasteiger partial charge >= 0.3 is 5.97 Å². The molecule has 0 aliphatic carbocycles. The van der Waals surface area contributed by atoms with Crippen molar-refractivity contribution in [2.75, 3.05) is 19.7 Å². The molecule has 1 aliphatic rings. The molecular weight excluding hydrogens is 463 g/mol. The number of hydrogen-bond acceptors (Lipinski definition) is 6. The minimum absolute atomic E-state index is 0.00265. The number of amides is 1. The van der Waals surface area contributed by atoms with Crippen LogP contribution in [0.25, 0.3) is 10.5 Å². The summed E-state index contributed by atoms with van der Waals surface area (Å²) in [5, 5.41) is 11.1. The lowest BCUT2D eigenvalue weighted by molar-refractivity contribution is -0.160. The predicted octanol–water partition coefficient (Wildman–Crippen LogP) is 3.70. The molecule has 1 fully saturated rings. The first-order valence-electron chi connectivity index (χ1n) is 11.9. The summed E-state index contributed by atoms with van der Waals surface area (Å²) >= 11 is 0. The summed E-state index contributed by atoms with van der Waals surface area (Å²) < 4.78 is 20.6. The number of carbonyl (C=O) groups excluding carboxylic acids is 2. The third kappa shape index (κ3) is 5.57. The monoisotopic (exact) mass is 490 g/mol. The summed E-state index contributed by atoms with van der Waals surface area (Å²) in [6.45, 7) is 10.1. The van der Waals surface area contributed by atoms with E-state index in [9.17, 15) is 14.0 Å². The van der Waals surface area contributed by atoms with Crippen LogP contribution in [0.2, 0.25) is 0 Å². The number of aromatic nitrogens is 4. The van der Waals surface area contributed by atoms with Crippen molar-refractivity contribution < 1.29 is 18.7 Å². The lowest BCUT2D eigenvalue weighted by Gasteiger charge is -2.40. The van der Waals surface area contributed by atoms with Crippen LogP contribution in [0.1, 0.15) is 37.3 Å². The van der Waals surface area contributed by atoms with Crippen molar-refractivity contribution in [3.05, 3.63) is 77.2 Å². The third-order valence-electron chi connectivity index (χ3n) is 6.71. The molecule has 0 saturated carbocycles. The van der Waals surface area contributed by atoms with Crippen molar-refractivity contribution in [1.82, 2.24) is 25.1 Å². The molecule has 2 heterocycles. The van der Waals surface area contributed by atoms with Gasteiger partial charge in [-0.25, -0.2) is 13.9 Å². The van der Waals surface area contributed by atoms with Gasteiger partial charge in [0.25, 0.3) is 0 Å². The van der Waals surface area contributed by atoms with Gasteiger partial charge in [0, 0.05) is 13.1 Å². The van der Waals surface area contributed by atoms with Gasteiger partial charge in [-0.1, -0.05) is 29.8 Å². The molecule has 9 nitrogen and oxygen atoms in total. The van der Waals surface area contributed by atoms with Gasteiger partial charge in [-0.3, -0.25) is 9.59 Å². The van der Waals surface area contributed by atoms with Crippen LogP contribution in [0.4, 0.5) is 10.1 Å². The topological polar surface area (TPSA) is 94.6 Å². The summed E-state index contributed by atoms with van der Waals surface area (Å²) in [6.07, 6.45) is 3.78. The molecule has 1 aromatic heterocycles. The lowest BCUT2D eigenvalue weighted by Crippen LogP contribution is -2.47. The molecule has 3 aromatic rings. The molecule has 0 bridgehead atoms. The van der Waals surface area contributed by atoms with Gasteiger partial charge in [-0.2, -0.15) is 0 Å². The largest absolute Gasteiger partial charge is 0.466 e. The highest BCUT2D eigenvalue weighted by atomic mass is 19.1. The Morgan fingerprint density at radius 3 is 2.50 bits per heavy atom. The van der Waals surface area contributed by atoms with Crippen LogP contribution in [-0.2, 0) is 27.2 Å². The average Bonchev–Trinajstić information content (AvgIpc) is 3.44. The van der Waals surface area contributed by atoms with Gasteiger partial charge in [0.1, 0.15) is 12.1 Å². The summed E-state index contributed by atoms with van der Waals surface area (Å²) in [7, 11) is 0. The number of esters is 1. The summed E-state index contributed by atoms with van der Waals surface area (Å²) in [5.74, 6) is -0.809. The zero-order valence-corrected chi connectivity index (χ0v) is 20.1. The van der Waals surface area contributed by atoms with Gasteiger partial charge in [-0.05, 0) is 66.8 Å². The van der Waals surface area contributed by atoms with Crippen LogP contribution in [0, 0.1) is 17.8 Å². The SMILES string of the molecule is [C-]#[N+]c1cc(CCC2(C(=O)OCC)CCN(C(=O)Cc3ccc(-n4cnnn4)cc3)CC2)ccc1F. The maximum Gasteiger partial charge on any atom is 0.312 e. The normalized spacial score (nSPS) is 14.8. The van der Waals surface area contributed by atoms with E-state index in [1.807, 2.05) is 24.3 Å². The Bertz CT molecular complexity index is 1250. The molecule has 1 saturated heterocycles. The third-order valence-corrected chi connectivity index (χ3v) is 6.71. The molecule has 1 aliphatic heterocycles. The van der Waals surface area contributed by atoms with E-state index in [0.29, 0.717) is 38.8 Å². The van der Waals surface area contributed by atoms with Gasteiger partial charge < -0.3 is 9.64 Å².